The van der Waals surface area contributed by atoms with Gasteiger partial charge < -0.3 is 10.6 Å². The van der Waals surface area contributed by atoms with Gasteiger partial charge in [0.25, 0.3) is 0 Å². The number of nitrogens with one attached hydrogen (secondary N) is 2. The summed E-state index contributed by atoms with van der Waals surface area (Å²) in [6.07, 6.45) is 52.9. The van der Waals surface area contributed by atoms with Crippen LogP contribution >= 0.6 is 0 Å². The number of nitrogens with zero attached hydrogens (tertiary/aromatic N) is 1. The second kappa shape index (κ2) is 41.3. The van der Waals surface area contributed by atoms with E-state index in [4.69, 9.17) is 0 Å². The molecule has 0 heterocycles. The number of hydrogen-bond acceptors (Lipinski definition) is 3. The normalized spacial score (nSPS) is 12.1. The van der Waals surface area contributed by atoms with E-state index < -0.39 is 0 Å². The number of carbonyl (C=O) groups excluding carboxylic acids is 2. The third-order valence-corrected chi connectivity index (χ3v) is 9.32. The molecule has 0 aromatic heterocycles. The largest absolute Gasteiger partial charge is 0.356 e. The Morgan fingerprint density at radius 1 is 0.440 bits per heavy atom. The van der Waals surface area contributed by atoms with Gasteiger partial charge in [0.15, 0.2) is 0 Å². The van der Waals surface area contributed by atoms with Crippen molar-refractivity contribution in [1.29, 1.82) is 0 Å². The van der Waals surface area contributed by atoms with E-state index in [1.165, 1.54) is 122 Å². The first kappa shape index (κ1) is 47.9. The summed E-state index contributed by atoms with van der Waals surface area (Å²) in [4.78, 5) is 26.5. The Morgan fingerprint density at radius 3 is 1.32 bits per heavy atom. The molecule has 0 radical (unpaired) electrons. The fraction of sp³-hybridized carbons (Fsp3) is 0.778. The van der Waals surface area contributed by atoms with Gasteiger partial charge in [-0.3, -0.25) is 14.5 Å². The van der Waals surface area contributed by atoms with Gasteiger partial charge in [0.1, 0.15) is 0 Å². The summed E-state index contributed by atoms with van der Waals surface area (Å²) >= 11 is 0. The zero-order chi connectivity index (χ0) is 36.4. The first-order valence-electron chi connectivity index (χ1n) is 21.4. The molecule has 0 unspecified atom stereocenters. The van der Waals surface area contributed by atoms with Crippen LogP contribution in [0.2, 0.25) is 0 Å². The van der Waals surface area contributed by atoms with Crippen LogP contribution in [0.15, 0.2) is 48.6 Å². The van der Waals surface area contributed by atoms with Gasteiger partial charge >= 0.3 is 0 Å². The summed E-state index contributed by atoms with van der Waals surface area (Å²) in [7, 11) is 2.01. The van der Waals surface area contributed by atoms with E-state index in [2.05, 4.69) is 78.0 Å². The molecular formula is C45H83N3O2. The Kier molecular flexibility index (Phi) is 39.5. The van der Waals surface area contributed by atoms with Crippen LogP contribution < -0.4 is 10.6 Å². The van der Waals surface area contributed by atoms with E-state index in [1.54, 1.807) is 0 Å². The van der Waals surface area contributed by atoms with Crippen molar-refractivity contribution in [3.05, 3.63) is 48.6 Å². The van der Waals surface area contributed by atoms with E-state index >= 15 is 0 Å². The lowest BCUT2D eigenvalue weighted by atomic mass is 10.0. The smallest absolute Gasteiger partial charge is 0.221 e. The van der Waals surface area contributed by atoms with Crippen molar-refractivity contribution < 1.29 is 9.59 Å². The molecule has 0 spiro atoms. The van der Waals surface area contributed by atoms with E-state index in [9.17, 15) is 9.59 Å². The lowest BCUT2D eigenvalue weighted by molar-refractivity contribution is -0.122. The van der Waals surface area contributed by atoms with Crippen molar-refractivity contribution in [3.8, 4) is 0 Å². The summed E-state index contributed by atoms with van der Waals surface area (Å²) < 4.78 is 0. The summed E-state index contributed by atoms with van der Waals surface area (Å²) in [5.41, 5.74) is 0. The van der Waals surface area contributed by atoms with Crippen molar-refractivity contribution in [2.24, 2.45) is 0 Å². The molecule has 290 valence electrons. The summed E-state index contributed by atoms with van der Waals surface area (Å²) in [6, 6.07) is 0. The van der Waals surface area contributed by atoms with Gasteiger partial charge in [-0.2, -0.15) is 0 Å². The van der Waals surface area contributed by atoms with Crippen LogP contribution in [0, 0.1) is 0 Å². The Morgan fingerprint density at radius 2 is 0.820 bits per heavy atom. The SMILES string of the molecule is CCCCC/C=C\C/C=C\C/C=C\C/C=C\CCCC(=O)NCN(C)CCCNC(=O)CCCCCCCCCCCCCCCCCCC. The van der Waals surface area contributed by atoms with Crippen LogP contribution in [-0.4, -0.2) is 43.5 Å². The summed E-state index contributed by atoms with van der Waals surface area (Å²) in [5.74, 6) is 0.284. The molecule has 5 nitrogen and oxygen atoms in total. The zero-order valence-electron chi connectivity index (χ0n) is 33.5. The first-order valence-corrected chi connectivity index (χ1v) is 21.4. The second-order valence-corrected chi connectivity index (χ2v) is 14.4. The summed E-state index contributed by atoms with van der Waals surface area (Å²) in [6.45, 7) is 6.63. The molecule has 5 heteroatoms. The summed E-state index contributed by atoms with van der Waals surface area (Å²) in [5, 5.41) is 6.08. The zero-order valence-corrected chi connectivity index (χ0v) is 33.5. The minimum absolute atomic E-state index is 0.107. The van der Waals surface area contributed by atoms with Crippen LogP contribution in [-0.2, 0) is 9.59 Å². The van der Waals surface area contributed by atoms with Crippen molar-refractivity contribution in [1.82, 2.24) is 15.5 Å². The standard InChI is InChI=1S/C45H83N3O2/c1-4-6-8-10-12-14-16-18-20-22-24-26-28-30-32-34-36-39-44(49)46-41-38-42-48(3)43-47-45(50)40-37-35-33-31-29-27-25-23-21-19-17-15-13-11-9-7-5-2/h13,15,19,21,25,27,31,33H,4-12,14,16-18,20,22-24,26,28-30,32,34-43H2,1-3H3,(H,46,49)(H,47,50)/b15-13-,21-19-,27-25-,33-31-. The van der Waals surface area contributed by atoms with Gasteiger partial charge in [-0.1, -0.05) is 178 Å². The van der Waals surface area contributed by atoms with Crippen LogP contribution in [0.25, 0.3) is 0 Å². The highest BCUT2D eigenvalue weighted by atomic mass is 16.2. The molecule has 0 bridgehead atoms. The Balaban J connectivity index is 3.48. The van der Waals surface area contributed by atoms with E-state index in [1.807, 2.05) is 7.05 Å². The fourth-order valence-electron chi connectivity index (χ4n) is 6.01. The minimum atomic E-state index is 0.107. The number of amides is 2. The highest BCUT2D eigenvalue weighted by molar-refractivity contribution is 5.76. The maximum atomic E-state index is 12.2. The number of allylic oxidation sites excluding steroid dienone is 8. The average molecular weight is 698 g/mol. The average Bonchev–Trinajstić information content (AvgIpc) is 3.11. The molecule has 2 N–H and O–H groups in total. The lowest BCUT2D eigenvalue weighted by Gasteiger charge is -2.17. The number of rotatable bonds is 38. The first-order chi connectivity index (χ1) is 24.6. The van der Waals surface area contributed by atoms with Gasteiger partial charge in [0.2, 0.25) is 11.8 Å². The topological polar surface area (TPSA) is 61.4 Å². The van der Waals surface area contributed by atoms with Gasteiger partial charge in [0.05, 0.1) is 6.67 Å². The predicted molar refractivity (Wildman–Crippen MR) is 220 cm³/mol. The molecular weight excluding hydrogens is 615 g/mol. The van der Waals surface area contributed by atoms with Gasteiger partial charge in [-0.25, -0.2) is 0 Å². The molecule has 0 aliphatic rings. The molecule has 0 rings (SSSR count). The molecule has 0 aromatic rings. The second-order valence-electron chi connectivity index (χ2n) is 14.4. The van der Waals surface area contributed by atoms with Crippen molar-refractivity contribution in [2.75, 3.05) is 26.8 Å². The highest BCUT2D eigenvalue weighted by Crippen LogP contribution is 2.14. The third-order valence-electron chi connectivity index (χ3n) is 9.32. The molecule has 2 amide bonds. The van der Waals surface area contributed by atoms with Crippen LogP contribution in [0.5, 0.6) is 0 Å². The van der Waals surface area contributed by atoms with Gasteiger partial charge in [0, 0.05) is 25.9 Å². The molecule has 0 atom stereocenters. The Hall–Kier alpha value is -2.14. The van der Waals surface area contributed by atoms with Gasteiger partial charge in [-0.05, 0) is 64.8 Å². The van der Waals surface area contributed by atoms with Crippen LogP contribution in [0.3, 0.4) is 0 Å². The maximum Gasteiger partial charge on any atom is 0.221 e. The van der Waals surface area contributed by atoms with Crippen molar-refractivity contribution in [2.45, 2.75) is 200 Å². The third kappa shape index (κ3) is 40.3. The van der Waals surface area contributed by atoms with Crippen molar-refractivity contribution >= 4 is 11.8 Å². The number of hydrogen-bond donors (Lipinski definition) is 2. The van der Waals surface area contributed by atoms with Crippen LogP contribution in [0.1, 0.15) is 200 Å². The molecule has 0 aromatic carbocycles. The molecule has 0 aliphatic heterocycles. The van der Waals surface area contributed by atoms with Crippen molar-refractivity contribution in [3.63, 3.8) is 0 Å². The Labute approximate surface area is 311 Å². The van der Waals surface area contributed by atoms with E-state index in [0.29, 0.717) is 26.1 Å². The monoisotopic (exact) mass is 698 g/mol. The minimum Gasteiger partial charge on any atom is -0.356 e. The maximum absolute atomic E-state index is 12.2. The number of unbranched alkanes of at least 4 members (excludes halogenated alkanes) is 20. The van der Waals surface area contributed by atoms with E-state index in [0.717, 1.165) is 57.9 Å². The molecule has 50 heavy (non-hydrogen) atoms. The van der Waals surface area contributed by atoms with E-state index in [-0.39, 0.29) is 11.8 Å². The fourth-order valence-corrected chi connectivity index (χ4v) is 6.01. The quantitative estimate of drug-likeness (QED) is 0.0383. The van der Waals surface area contributed by atoms with Gasteiger partial charge in [-0.15, -0.1) is 0 Å². The lowest BCUT2D eigenvalue weighted by Crippen LogP contribution is -2.36. The molecule has 0 aliphatic carbocycles. The predicted octanol–water partition coefficient (Wildman–Crippen LogP) is 12.7. The molecule has 0 saturated heterocycles. The highest BCUT2D eigenvalue weighted by Gasteiger charge is 2.04. The number of carbonyl (C=O) groups is 2. The molecule has 0 fully saturated rings. The Bertz CT molecular complexity index is 847. The molecule has 0 saturated carbocycles. The van der Waals surface area contributed by atoms with Crippen LogP contribution in [0.4, 0.5) is 0 Å².